The molecule has 0 radical (unpaired) electrons. The summed E-state index contributed by atoms with van der Waals surface area (Å²) in [6, 6.07) is 7.24. The highest BCUT2D eigenvalue weighted by atomic mass is 16.6. The molecular formula is C21H31N5O7. The predicted molar refractivity (Wildman–Crippen MR) is 119 cm³/mol. The summed E-state index contributed by atoms with van der Waals surface area (Å²) in [5.41, 5.74) is 1.27. The second-order valence-corrected chi connectivity index (χ2v) is 6.54. The number of aryl methyl sites for hydroxylation is 1. The molecule has 2 rings (SSSR count). The third-order valence-electron chi connectivity index (χ3n) is 4.11. The highest BCUT2D eigenvalue weighted by Crippen LogP contribution is 2.16. The minimum atomic E-state index is -0.486. The average Bonchev–Trinajstić information content (AvgIpc) is 3.29. The van der Waals surface area contributed by atoms with Gasteiger partial charge in [-0.1, -0.05) is 12.0 Å². The molecule has 1 heterocycles. The minimum Gasteiger partial charge on any atom is -0.447 e. The maximum atomic E-state index is 12.2. The molecule has 0 unspecified atom stereocenters. The highest BCUT2D eigenvalue weighted by molar-refractivity contribution is 5.94. The fourth-order valence-corrected chi connectivity index (χ4v) is 2.42. The smallest absolute Gasteiger partial charge is 0.406 e. The van der Waals surface area contributed by atoms with Crippen LogP contribution in [0.25, 0.3) is 0 Å². The molecule has 33 heavy (non-hydrogen) atoms. The Bertz CT molecular complexity index is 829. The summed E-state index contributed by atoms with van der Waals surface area (Å²) in [6.45, 7) is 4.82. The summed E-state index contributed by atoms with van der Waals surface area (Å²) in [5.74, 6) is 0.364. The number of nitrogens with zero attached hydrogens (tertiary/aromatic N) is 2. The fraction of sp³-hybridized carbons (Fsp3) is 0.524. The highest BCUT2D eigenvalue weighted by Gasteiger charge is 2.07. The van der Waals surface area contributed by atoms with E-state index in [0.717, 1.165) is 5.69 Å². The van der Waals surface area contributed by atoms with Crippen LogP contribution in [0.3, 0.4) is 0 Å². The number of carbonyl (C=O) groups is 2. The molecule has 0 saturated heterocycles. The largest absolute Gasteiger partial charge is 0.447 e. The van der Waals surface area contributed by atoms with Gasteiger partial charge in [-0.2, -0.15) is 0 Å². The first-order chi connectivity index (χ1) is 16.1. The lowest BCUT2D eigenvalue weighted by Crippen LogP contribution is -2.27. The molecule has 2 aromatic rings. The van der Waals surface area contributed by atoms with Crippen molar-refractivity contribution < 1.29 is 33.0 Å². The van der Waals surface area contributed by atoms with E-state index in [1.165, 1.54) is 7.05 Å². The van der Waals surface area contributed by atoms with Crippen LogP contribution < -0.4 is 16.0 Å². The Labute approximate surface area is 192 Å². The van der Waals surface area contributed by atoms with Gasteiger partial charge in [-0.15, -0.1) is 5.10 Å². The van der Waals surface area contributed by atoms with E-state index in [9.17, 15) is 9.59 Å². The molecule has 2 amide bonds. The molecule has 12 heteroatoms. The summed E-state index contributed by atoms with van der Waals surface area (Å²) < 4.78 is 26.2. The molecule has 0 aliphatic rings. The average molecular weight is 466 g/mol. The number of carbonyl (C=O) groups excluding carboxylic acids is 2. The molecule has 0 aliphatic heterocycles. The maximum Gasteiger partial charge on any atom is 0.406 e. The zero-order chi connectivity index (χ0) is 23.7. The summed E-state index contributed by atoms with van der Waals surface area (Å²) in [4.78, 5) is 23.0. The van der Waals surface area contributed by atoms with Gasteiger partial charge in [0.1, 0.15) is 6.61 Å². The van der Waals surface area contributed by atoms with Crippen molar-refractivity contribution in [2.45, 2.75) is 13.3 Å². The Hall–Kier alpha value is -3.22. The van der Waals surface area contributed by atoms with Crippen LogP contribution in [0.5, 0.6) is 0 Å². The molecule has 0 aliphatic carbocycles. The van der Waals surface area contributed by atoms with Crippen LogP contribution in [0, 0.1) is 0 Å². The van der Waals surface area contributed by atoms with Crippen LogP contribution in [0.4, 0.5) is 16.5 Å². The van der Waals surface area contributed by atoms with Gasteiger partial charge in [0.05, 0.1) is 39.6 Å². The zero-order valence-corrected chi connectivity index (χ0v) is 18.9. The normalized spacial score (nSPS) is 10.6. The van der Waals surface area contributed by atoms with E-state index < -0.39 is 6.09 Å². The number of ether oxygens (including phenoxy) is 4. The number of benzene rings is 1. The van der Waals surface area contributed by atoms with Crippen molar-refractivity contribution in [3.8, 4) is 0 Å². The van der Waals surface area contributed by atoms with Crippen molar-refractivity contribution in [2.75, 3.05) is 65.2 Å². The van der Waals surface area contributed by atoms with Gasteiger partial charge in [0.2, 0.25) is 5.89 Å². The maximum absolute atomic E-state index is 12.2. The molecule has 1 aromatic carbocycles. The van der Waals surface area contributed by atoms with Gasteiger partial charge >= 0.3 is 12.1 Å². The fourth-order valence-electron chi connectivity index (χ4n) is 2.42. The van der Waals surface area contributed by atoms with Gasteiger partial charge in [-0.05, 0) is 24.3 Å². The Kier molecular flexibility index (Phi) is 12.3. The zero-order valence-electron chi connectivity index (χ0n) is 18.9. The van der Waals surface area contributed by atoms with E-state index in [-0.39, 0.29) is 12.5 Å². The number of hydrogen-bond donors (Lipinski definition) is 3. The van der Waals surface area contributed by atoms with E-state index in [2.05, 4.69) is 26.1 Å². The van der Waals surface area contributed by atoms with E-state index in [0.29, 0.717) is 70.1 Å². The van der Waals surface area contributed by atoms with E-state index in [1.807, 2.05) is 6.92 Å². The standard InChI is InChI=1S/C21H31N5O7/c1-3-18-25-26-20(33-18)24-17-6-4-16(5-7-17)19(27)23-8-9-29-10-11-30-12-13-31-14-15-32-21(28)22-2/h4-7H,3,8-15H2,1-2H3,(H,22,28)(H,23,27)(H,24,26). The quantitative estimate of drug-likeness (QED) is 0.312. The van der Waals surface area contributed by atoms with Gasteiger partial charge in [-0.25, -0.2) is 4.79 Å². The van der Waals surface area contributed by atoms with Crippen molar-refractivity contribution in [3.63, 3.8) is 0 Å². The van der Waals surface area contributed by atoms with Crippen LogP contribution in [0.2, 0.25) is 0 Å². The van der Waals surface area contributed by atoms with Crippen LogP contribution in [0.15, 0.2) is 28.7 Å². The second-order valence-electron chi connectivity index (χ2n) is 6.54. The lowest BCUT2D eigenvalue weighted by Gasteiger charge is -2.08. The van der Waals surface area contributed by atoms with Crippen molar-refractivity contribution in [3.05, 3.63) is 35.7 Å². The summed E-state index contributed by atoms with van der Waals surface area (Å²) in [5, 5.41) is 15.9. The van der Waals surface area contributed by atoms with Crippen LogP contribution in [-0.2, 0) is 25.4 Å². The minimum absolute atomic E-state index is 0.190. The molecular weight excluding hydrogens is 434 g/mol. The lowest BCUT2D eigenvalue weighted by molar-refractivity contribution is 0.00631. The summed E-state index contributed by atoms with van der Waals surface area (Å²) in [7, 11) is 1.49. The van der Waals surface area contributed by atoms with Gasteiger partial charge in [0.15, 0.2) is 0 Å². The molecule has 0 spiro atoms. The predicted octanol–water partition coefficient (Wildman–Crippen LogP) is 1.51. The van der Waals surface area contributed by atoms with Crippen LogP contribution in [0.1, 0.15) is 23.2 Å². The molecule has 1 aromatic heterocycles. The lowest BCUT2D eigenvalue weighted by atomic mass is 10.2. The van der Waals surface area contributed by atoms with Crippen LogP contribution in [-0.4, -0.2) is 82.0 Å². The first-order valence-corrected chi connectivity index (χ1v) is 10.7. The van der Waals surface area contributed by atoms with Gasteiger partial charge < -0.3 is 39.3 Å². The Morgan fingerprint density at radius 1 is 0.909 bits per heavy atom. The molecule has 0 saturated carbocycles. The number of aromatic nitrogens is 2. The van der Waals surface area contributed by atoms with Gasteiger partial charge in [0.25, 0.3) is 5.91 Å². The Morgan fingerprint density at radius 2 is 1.55 bits per heavy atom. The summed E-state index contributed by atoms with van der Waals surface area (Å²) >= 11 is 0. The van der Waals surface area contributed by atoms with E-state index in [4.69, 9.17) is 23.4 Å². The molecule has 182 valence electrons. The summed E-state index contributed by atoms with van der Waals surface area (Å²) in [6.07, 6.45) is 0.179. The van der Waals surface area contributed by atoms with Gasteiger partial charge in [0, 0.05) is 31.3 Å². The third-order valence-corrected chi connectivity index (χ3v) is 4.11. The Balaban J connectivity index is 1.46. The van der Waals surface area contributed by atoms with Crippen molar-refractivity contribution in [1.82, 2.24) is 20.8 Å². The SMILES string of the molecule is CCc1nnc(Nc2ccc(C(=O)NCCOCCOCCOCCOC(=O)NC)cc2)o1. The molecule has 0 atom stereocenters. The number of rotatable bonds is 16. The van der Waals surface area contributed by atoms with Crippen molar-refractivity contribution in [2.24, 2.45) is 0 Å². The molecule has 0 fully saturated rings. The van der Waals surface area contributed by atoms with E-state index in [1.54, 1.807) is 24.3 Å². The van der Waals surface area contributed by atoms with Crippen molar-refractivity contribution in [1.29, 1.82) is 0 Å². The number of alkyl carbamates (subject to hydrolysis) is 1. The molecule has 0 bridgehead atoms. The Morgan fingerprint density at radius 3 is 2.15 bits per heavy atom. The number of nitrogens with one attached hydrogen (secondary N) is 3. The van der Waals surface area contributed by atoms with E-state index >= 15 is 0 Å². The first kappa shape index (κ1) is 26.0. The van der Waals surface area contributed by atoms with Crippen LogP contribution >= 0.6 is 0 Å². The van der Waals surface area contributed by atoms with Crippen molar-refractivity contribution >= 4 is 23.7 Å². The topological polar surface area (TPSA) is 146 Å². The molecule has 3 N–H and O–H groups in total. The molecule has 12 nitrogen and oxygen atoms in total. The number of anilines is 2. The number of hydrogen-bond acceptors (Lipinski definition) is 10. The third kappa shape index (κ3) is 10.8. The first-order valence-electron chi connectivity index (χ1n) is 10.7. The van der Waals surface area contributed by atoms with Gasteiger partial charge in [-0.3, -0.25) is 4.79 Å². The second kappa shape index (κ2) is 15.6. The monoisotopic (exact) mass is 465 g/mol. The number of amides is 2.